The smallest absolute Gasteiger partial charge is 0.242 e. The van der Waals surface area contributed by atoms with Crippen LogP contribution in [-0.4, -0.2) is 12.5 Å². The second-order valence-electron chi connectivity index (χ2n) is 3.57. The number of rotatable bonds is 1. The van der Waals surface area contributed by atoms with Gasteiger partial charge in [0, 0.05) is 16.5 Å². The topological polar surface area (TPSA) is 78.3 Å². The summed E-state index contributed by atoms with van der Waals surface area (Å²) in [6.07, 6.45) is 0.409. The van der Waals surface area contributed by atoms with E-state index in [-0.39, 0.29) is 0 Å². The van der Waals surface area contributed by atoms with E-state index in [0.717, 1.165) is 4.47 Å². The number of carbonyl (C=O) groups excluding carboxylic acids is 1. The molecule has 15 heavy (non-hydrogen) atoms. The molecule has 1 aliphatic rings. The van der Waals surface area contributed by atoms with E-state index < -0.39 is 11.4 Å². The summed E-state index contributed by atoms with van der Waals surface area (Å²) < 4.78 is 6.27. The number of hydrogen-bond acceptors (Lipinski definition) is 3. The summed E-state index contributed by atoms with van der Waals surface area (Å²) in [6, 6.07) is 5.40. The average molecular weight is 271 g/mol. The van der Waals surface area contributed by atoms with Gasteiger partial charge in [0.25, 0.3) is 0 Å². The summed E-state index contributed by atoms with van der Waals surface area (Å²) in [5.41, 5.74) is 10.9. The standard InChI is InChI=1S/C10H11BrN2O2/c11-6-1-2-8-7(5-6)10(13,9(12)14)3-4-15-8/h1-2,5H,3-4,13H2,(H2,12,14). The lowest BCUT2D eigenvalue weighted by Gasteiger charge is -2.32. The first-order valence-corrected chi connectivity index (χ1v) is 5.35. The van der Waals surface area contributed by atoms with Crippen molar-refractivity contribution in [2.24, 2.45) is 11.5 Å². The van der Waals surface area contributed by atoms with Crippen molar-refractivity contribution >= 4 is 21.8 Å². The zero-order valence-electron chi connectivity index (χ0n) is 8.00. The van der Waals surface area contributed by atoms with Crippen LogP contribution >= 0.6 is 15.9 Å². The van der Waals surface area contributed by atoms with Gasteiger partial charge < -0.3 is 16.2 Å². The number of carbonyl (C=O) groups is 1. The van der Waals surface area contributed by atoms with Gasteiger partial charge in [-0.05, 0) is 18.2 Å². The van der Waals surface area contributed by atoms with Crippen LogP contribution < -0.4 is 16.2 Å². The highest BCUT2D eigenvalue weighted by atomic mass is 79.9. The molecule has 0 saturated heterocycles. The van der Waals surface area contributed by atoms with Crippen LogP contribution in [0.3, 0.4) is 0 Å². The molecule has 0 fully saturated rings. The van der Waals surface area contributed by atoms with E-state index in [1.54, 1.807) is 12.1 Å². The van der Waals surface area contributed by atoms with Gasteiger partial charge in [0.05, 0.1) is 6.61 Å². The Kier molecular flexibility index (Phi) is 2.44. The van der Waals surface area contributed by atoms with Crippen LogP contribution in [0.4, 0.5) is 0 Å². The molecule has 2 rings (SSSR count). The van der Waals surface area contributed by atoms with Crippen LogP contribution in [0.15, 0.2) is 22.7 Å². The van der Waals surface area contributed by atoms with Crippen molar-refractivity contribution in [3.8, 4) is 5.75 Å². The molecule has 1 aromatic rings. The van der Waals surface area contributed by atoms with E-state index in [0.29, 0.717) is 24.3 Å². The maximum absolute atomic E-state index is 11.4. The fourth-order valence-corrected chi connectivity index (χ4v) is 2.05. The van der Waals surface area contributed by atoms with Crippen molar-refractivity contribution in [3.05, 3.63) is 28.2 Å². The van der Waals surface area contributed by atoms with Crippen molar-refractivity contribution < 1.29 is 9.53 Å². The fourth-order valence-electron chi connectivity index (χ4n) is 1.69. The lowest BCUT2D eigenvalue weighted by atomic mass is 9.85. The molecular formula is C10H11BrN2O2. The summed E-state index contributed by atoms with van der Waals surface area (Å²) >= 11 is 3.33. The molecule has 4 N–H and O–H groups in total. The van der Waals surface area contributed by atoms with Crippen LogP contribution in [0.2, 0.25) is 0 Å². The van der Waals surface area contributed by atoms with Gasteiger partial charge in [0.1, 0.15) is 11.3 Å². The number of hydrogen-bond donors (Lipinski definition) is 2. The minimum atomic E-state index is -1.11. The molecule has 0 radical (unpaired) electrons. The van der Waals surface area contributed by atoms with Crippen LogP contribution in [-0.2, 0) is 10.3 Å². The quantitative estimate of drug-likeness (QED) is 0.795. The highest BCUT2D eigenvalue weighted by Gasteiger charge is 2.39. The van der Waals surface area contributed by atoms with Gasteiger partial charge in [-0.25, -0.2) is 0 Å². The van der Waals surface area contributed by atoms with Gasteiger partial charge in [0.2, 0.25) is 5.91 Å². The Labute approximate surface area is 95.7 Å². The number of nitrogens with two attached hydrogens (primary N) is 2. The molecule has 4 nitrogen and oxygen atoms in total. The van der Waals surface area contributed by atoms with E-state index in [1.165, 1.54) is 0 Å². The summed E-state index contributed by atoms with van der Waals surface area (Å²) in [5.74, 6) is 0.107. The molecule has 0 aromatic heterocycles. The maximum Gasteiger partial charge on any atom is 0.242 e. The Morgan fingerprint density at radius 1 is 1.53 bits per heavy atom. The fraction of sp³-hybridized carbons (Fsp3) is 0.300. The number of primary amides is 1. The molecule has 0 saturated carbocycles. The first-order valence-electron chi connectivity index (χ1n) is 4.55. The summed E-state index contributed by atoms with van der Waals surface area (Å²) in [7, 11) is 0. The zero-order chi connectivity index (χ0) is 11.1. The van der Waals surface area contributed by atoms with Gasteiger partial charge >= 0.3 is 0 Å². The molecule has 1 atom stereocenters. The van der Waals surface area contributed by atoms with Crippen LogP contribution in [0.1, 0.15) is 12.0 Å². The Bertz CT molecular complexity index is 422. The minimum absolute atomic E-state index is 0.409. The van der Waals surface area contributed by atoms with Crippen LogP contribution in [0, 0.1) is 0 Å². The van der Waals surface area contributed by atoms with Crippen molar-refractivity contribution in [1.29, 1.82) is 0 Å². The molecular weight excluding hydrogens is 260 g/mol. The molecule has 1 heterocycles. The maximum atomic E-state index is 11.4. The molecule has 5 heteroatoms. The minimum Gasteiger partial charge on any atom is -0.493 e. The Balaban J connectivity index is 2.59. The van der Waals surface area contributed by atoms with E-state index in [1.807, 2.05) is 6.07 Å². The third kappa shape index (κ3) is 1.61. The molecule has 0 aliphatic carbocycles. The van der Waals surface area contributed by atoms with Crippen molar-refractivity contribution in [2.75, 3.05) is 6.61 Å². The Hall–Kier alpha value is -1.07. The number of fused-ring (bicyclic) bond motifs is 1. The van der Waals surface area contributed by atoms with Crippen molar-refractivity contribution in [2.45, 2.75) is 12.0 Å². The largest absolute Gasteiger partial charge is 0.493 e. The second-order valence-corrected chi connectivity index (χ2v) is 4.49. The number of benzene rings is 1. The predicted molar refractivity (Wildman–Crippen MR) is 59.3 cm³/mol. The monoisotopic (exact) mass is 270 g/mol. The summed E-state index contributed by atoms with van der Waals surface area (Å²) in [6.45, 7) is 0.411. The Morgan fingerprint density at radius 3 is 2.93 bits per heavy atom. The third-order valence-corrected chi connectivity index (χ3v) is 3.11. The molecule has 1 aromatic carbocycles. The van der Waals surface area contributed by atoms with Crippen molar-refractivity contribution in [3.63, 3.8) is 0 Å². The van der Waals surface area contributed by atoms with E-state index in [2.05, 4.69) is 15.9 Å². The molecule has 1 unspecified atom stereocenters. The summed E-state index contributed by atoms with van der Waals surface area (Å²) in [5, 5.41) is 0. The summed E-state index contributed by atoms with van der Waals surface area (Å²) in [4.78, 5) is 11.4. The van der Waals surface area contributed by atoms with E-state index >= 15 is 0 Å². The van der Waals surface area contributed by atoms with E-state index in [4.69, 9.17) is 16.2 Å². The van der Waals surface area contributed by atoms with E-state index in [9.17, 15) is 4.79 Å². The molecule has 1 amide bonds. The van der Waals surface area contributed by atoms with Gasteiger partial charge in [-0.1, -0.05) is 15.9 Å². The highest BCUT2D eigenvalue weighted by molar-refractivity contribution is 9.10. The normalized spacial score (nSPS) is 24.1. The number of halogens is 1. The Morgan fingerprint density at radius 2 is 2.27 bits per heavy atom. The van der Waals surface area contributed by atoms with Crippen LogP contribution in [0.5, 0.6) is 5.75 Å². The predicted octanol–water partition coefficient (Wildman–Crippen LogP) is 0.871. The molecule has 0 spiro atoms. The second kappa shape index (κ2) is 3.50. The molecule has 1 aliphatic heterocycles. The van der Waals surface area contributed by atoms with Gasteiger partial charge in [-0.3, -0.25) is 4.79 Å². The van der Waals surface area contributed by atoms with Gasteiger partial charge in [-0.2, -0.15) is 0 Å². The first kappa shape index (κ1) is 10.4. The number of ether oxygens (including phenoxy) is 1. The average Bonchev–Trinajstić information content (AvgIpc) is 2.19. The molecule has 0 bridgehead atoms. The lowest BCUT2D eigenvalue weighted by molar-refractivity contribution is -0.124. The lowest BCUT2D eigenvalue weighted by Crippen LogP contribution is -2.51. The highest BCUT2D eigenvalue weighted by Crippen LogP contribution is 2.36. The third-order valence-electron chi connectivity index (χ3n) is 2.62. The molecule has 80 valence electrons. The van der Waals surface area contributed by atoms with Crippen LogP contribution in [0.25, 0.3) is 0 Å². The van der Waals surface area contributed by atoms with Gasteiger partial charge in [-0.15, -0.1) is 0 Å². The van der Waals surface area contributed by atoms with Crippen molar-refractivity contribution in [1.82, 2.24) is 0 Å². The first-order chi connectivity index (χ1) is 7.04. The van der Waals surface area contributed by atoms with Gasteiger partial charge in [0.15, 0.2) is 0 Å². The number of amides is 1. The zero-order valence-corrected chi connectivity index (χ0v) is 9.58. The SMILES string of the molecule is NC(=O)C1(N)CCOc2ccc(Br)cc21.